The zero-order valence-corrected chi connectivity index (χ0v) is 54.6. The molecular formula is C70H125NO18. The van der Waals surface area contributed by atoms with E-state index in [4.69, 9.17) is 28.4 Å². The van der Waals surface area contributed by atoms with E-state index in [2.05, 4.69) is 67.8 Å². The van der Waals surface area contributed by atoms with Crippen molar-refractivity contribution >= 4 is 5.91 Å². The average molecular weight is 1270 g/mol. The molecule has 0 saturated carbocycles. The first-order chi connectivity index (χ1) is 43.3. The SMILES string of the molecule is CC/C=C\C/C=C\C/C=C\CCCCCCCC(=O)NC(COC1OC(CO)C(OC2OC(CO)C(OC3OC(CO)C(O)C(O)C3O)C(O)C2O)C(O)C1O)C(O)/C=C/CC/C=C/CCCCCCCCCCCCCCCCCCCCCCCCC. The molecule has 19 heteroatoms. The summed E-state index contributed by atoms with van der Waals surface area (Å²) in [4.78, 5) is 13.4. The molecule has 17 atom stereocenters. The molecule has 12 N–H and O–H groups in total. The van der Waals surface area contributed by atoms with Gasteiger partial charge in [0.2, 0.25) is 5.91 Å². The molecule has 1 amide bonds. The van der Waals surface area contributed by atoms with Gasteiger partial charge < -0.3 is 89.9 Å². The van der Waals surface area contributed by atoms with Crippen LogP contribution in [0.15, 0.2) is 60.8 Å². The summed E-state index contributed by atoms with van der Waals surface area (Å²) < 4.78 is 34.3. The van der Waals surface area contributed by atoms with Crippen molar-refractivity contribution in [3.63, 3.8) is 0 Å². The van der Waals surface area contributed by atoms with Crippen LogP contribution in [0.5, 0.6) is 0 Å². The number of carbonyl (C=O) groups is 1. The second-order valence-corrected chi connectivity index (χ2v) is 25.0. The summed E-state index contributed by atoms with van der Waals surface area (Å²) >= 11 is 0. The topological polar surface area (TPSA) is 307 Å². The number of aliphatic hydroxyl groups is 11. The van der Waals surface area contributed by atoms with E-state index in [1.165, 1.54) is 141 Å². The highest BCUT2D eigenvalue weighted by atomic mass is 16.8. The molecule has 89 heavy (non-hydrogen) atoms. The van der Waals surface area contributed by atoms with Crippen LogP contribution in [-0.4, -0.2) is 193 Å². The molecule has 0 aliphatic carbocycles. The van der Waals surface area contributed by atoms with Gasteiger partial charge in [-0.3, -0.25) is 4.79 Å². The second kappa shape index (κ2) is 51.8. The lowest BCUT2D eigenvalue weighted by molar-refractivity contribution is -0.379. The number of aliphatic hydroxyl groups excluding tert-OH is 11. The number of amides is 1. The lowest BCUT2D eigenvalue weighted by Gasteiger charge is -2.48. The molecule has 0 aromatic heterocycles. The predicted octanol–water partition coefficient (Wildman–Crippen LogP) is 9.16. The molecule has 3 aliphatic rings. The van der Waals surface area contributed by atoms with Crippen molar-refractivity contribution in [2.45, 2.75) is 349 Å². The molecule has 19 nitrogen and oxygen atoms in total. The van der Waals surface area contributed by atoms with Gasteiger partial charge >= 0.3 is 0 Å². The first-order valence-electron chi connectivity index (χ1n) is 35.0. The third-order valence-electron chi connectivity index (χ3n) is 17.3. The third kappa shape index (κ3) is 33.9. The van der Waals surface area contributed by atoms with Gasteiger partial charge in [0.05, 0.1) is 38.6 Å². The fourth-order valence-corrected chi connectivity index (χ4v) is 11.6. The normalized spacial score (nSPS) is 28.6. The van der Waals surface area contributed by atoms with E-state index in [0.717, 1.165) is 70.6 Å². The highest BCUT2D eigenvalue weighted by Crippen LogP contribution is 2.33. The molecule has 3 heterocycles. The fraction of sp³-hybridized carbons (Fsp3) is 0.843. The van der Waals surface area contributed by atoms with E-state index in [0.29, 0.717) is 12.8 Å². The number of nitrogens with one attached hydrogen (secondary N) is 1. The summed E-state index contributed by atoms with van der Waals surface area (Å²) in [5.74, 6) is -0.303. The number of rotatable bonds is 53. The monoisotopic (exact) mass is 1270 g/mol. The summed E-state index contributed by atoms with van der Waals surface area (Å²) in [5.41, 5.74) is 0. The Morgan fingerprint density at radius 1 is 0.416 bits per heavy atom. The zero-order valence-electron chi connectivity index (χ0n) is 54.6. The van der Waals surface area contributed by atoms with Crippen LogP contribution >= 0.6 is 0 Å². The van der Waals surface area contributed by atoms with E-state index in [9.17, 15) is 61.0 Å². The quantitative estimate of drug-likeness (QED) is 0.0199. The lowest BCUT2D eigenvalue weighted by Crippen LogP contribution is -2.66. The van der Waals surface area contributed by atoms with Gasteiger partial charge in [0, 0.05) is 6.42 Å². The number of ether oxygens (including phenoxy) is 6. The fourth-order valence-electron chi connectivity index (χ4n) is 11.6. The maximum Gasteiger partial charge on any atom is 0.220 e. The minimum atomic E-state index is -1.98. The molecule has 3 rings (SSSR count). The Labute approximate surface area is 535 Å². The molecule has 3 saturated heterocycles. The van der Waals surface area contributed by atoms with E-state index in [1.54, 1.807) is 6.08 Å². The first kappa shape index (κ1) is 80.7. The van der Waals surface area contributed by atoms with Gasteiger partial charge in [-0.2, -0.15) is 0 Å². The summed E-state index contributed by atoms with van der Waals surface area (Å²) in [5, 5.41) is 120. The highest BCUT2D eigenvalue weighted by Gasteiger charge is 2.53. The van der Waals surface area contributed by atoms with E-state index < -0.39 is 124 Å². The summed E-state index contributed by atoms with van der Waals surface area (Å²) in [6, 6.07) is -1.00. The van der Waals surface area contributed by atoms with Gasteiger partial charge in [-0.15, -0.1) is 0 Å². The Bertz CT molecular complexity index is 1850. The van der Waals surface area contributed by atoms with Gasteiger partial charge in [-0.1, -0.05) is 235 Å². The molecule has 3 aliphatic heterocycles. The smallest absolute Gasteiger partial charge is 0.220 e. The molecular weight excluding hydrogens is 1140 g/mol. The van der Waals surface area contributed by atoms with Gasteiger partial charge in [-0.05, 0) is 64.2 Å². The van der Waals surface area contributed by atoms with Crippen molar-refractivity contribution in [1.29, 1.82) is 0 Å². The minimum absolute atomic E-state index is 0.214. The molecule has 0 bridgehead atoms. The highest BCUT2D eigenvalue weighted by molar-refractivity contribution is 5.76. The third-order valence-corrected chi connectivity index (χ3v) is 17.3. The van der Waals surface area contributed by atoms with Gasteiger partial charge in [0.1, 0.15) is 73.2 Å². The van der Waals surface area contributed by atoms with Crippen molar-refractivity contribution in [2.24, 2.45) is 0 Å². The maximum absolute atomic E-state index is 13.4. The van der Waals surface area contributed by atoms with Crippen molar-refractivity contribution in [3.05, 3.63) is 60.8 Å². The van der Waals surface area contributed by atoms with Gasteiger partial charge in [-0.25, -0.2) is 0 Å². The van der Waals surface area contributed by atoms with Crippen molar-refractivity contribution in [3.8, 4) is 0 Å². The maximum atomic E-state index is 13.4. The number of hydrogen-bond acceptors (Lipinski definition) is 18. The standard InChI is InChI=1S/C70H125NO18/c1-3-5-7-9-11-13-15-17-19-20-21-22-23-24-25-26-27-28-29-30-31-32-34-35-37-39-41-43-45-47-54(75)53(71-58(76)48-46-44-42-40-38-36-33-18-16-14-12-10-8-6-4-2)52-84-68-64(82)61(79)66(56(50-73)86-68)89-70-65(83)62(80)67(57(51-74)87-70)88-69-63(81)60(78)59(77)55(49-72)85-69/h6,8,12,14,18,33,37,39,45,47,53-57,59-70,72-75,77-83H,3-5,7,9-11,13,15-17,19-32,34-36,38,40-44,46,48-52H2,1-2H3,(H,71,76)/b8-6-,14-12-,33-18-,39-37+,47-45+. The van der Waals surface area contributed by atoms with Crippen LogP contribution in [0.2, 0.25) is 0 Å². The number of hydrogen-bond donors (Lipinski definition) is 12. The van der Waals surface area contributed by atoms with Crippen molar-refractivity contribution in [2.75, 3.05) is 26.4 Å². The van der Waals surface area contributed by atoms with E-state index in [-0.39, 0.29) is 18.9 Å². The van der Waals surface area contributed by atoms with Crippen LogP contribution in [0, 0.1) is 0 Å². The van der Waals surface area contributed by atoms with Crippen LogP contribution in [0.3, 0.4) is 0 Å². The number of unbranched alkanes of at least 4 members (excludes halogenated alkanes) is 29. The van der Waals surface area contributed by atoms with E-state index in [1.807, 2.05) is 6.08 Å². The Hall–Kier alpha value is -2.51. The van der Waals surface area contributed by atoms with E-state index >= 15 is 0 Å². The molecule has 0 aromatic carbocycles. The minimum Gasteiger partial charge on any atom is -0.394 e. The average Bonchev–Trinajstić information content (AvgIpc) is 1.97. The summed E-state index contributed by atoms with van der Waals surface area (Å²) in [7, 11) is 0. The van der Waals surface area contributed by atoms with Crippen molar-refractivity contribution < 1.29 is 89.4 Å². The molecule has 0 aromatic rings. The van der Waals surface area contributed by atoms with Crippen LogP contribution < -0.4 is 5.32 Å². The van der Waals surface area contributed by atoms with Crippen LogP contribution in [0.4, 0.5) is 0 Å². The lowest BCUT2D eigenvalue weighted by atomic mass is 9.96. The van der Waals surface area contributed by atoms with Crippen LogP contribution in [0.25, 0.3) is 0 Å². The Balaban J connectivity index is 1.42. The van der Waals surface area contributed by atoms with Crippen molar-refractivity contribution in [1.82, 2.24) is 5.32 Å². The number of allylic oxidation sites excluding steroid dienone is 9. The second-order valence-electron chi connectivity index (χ2n) is 25.0. The van der Waals surface area contributed by atoms with Gasteiger partial charge in [0.25, 0.3) is 0 Å². The summed E-state index contributed by atoms with van der Waals surface area (Å²) in [6.07, 6.45) is 36.5. The number of carbonyl (C=O) groups excluding carboxylic acids is 1. The molecule has 0 spiro atoms. The molecule has 3 fully saturated rings. The summed E-state index contributed by atoms with van der Waals surface area (Å²) in [6.45, 7) is 1.59. The van der Waals surface area contributed by atoms with Crippen LogP contribution in [-0.2, 0) is 33.2 Å². The molecule has 518 valence electrons. The Morgan fingerprint density at radius 2 is 0.787 bits per heavy atom. The molecule has 17 unspecified atom stereocenters. The molecule has 0 radical (unpaired) electrons. The zero-order chi connectivity index (χ0) is 64.7. The first-order valence-corrected chi connectivity index (χ1v) is 35.0. The van der Waals surface area contributed by atoms with Crippen LogP contribution in [0.1, 0.15) is 245 Å². The predicted molar refractivity (Wildman–Crippen MR) is 346 cm³/mol. The van der Waals surface area contributed by atoms with Gasteiger partial charge in [0.15, 0.2) is 18.9 Å². The largest absolute Gasteiger partial charge is 0.394 e. The Kier molecular flexibility index (Phi) is 47.0. The Morgan fingerprint density at radius 3 is 1.26 bits per heavy atom.